The normalized spacial score (nSPS) is 15.1. The lowest BCUT2D eigenvalue weighted by atomic mass is 10.2. The Morgan fingerprint density at radius 1 is 1.13 bits per heavy atom. The summed E-state index contributed by atoms with van der Waals surface area (Å²) < 4.78 is 5.37. The topological polar surface area (TPSA) is 83.2 Å². The molecule has 0 saturated carbocycles. The summed E-state index contributed by atoms with van der Waals surface area (Å²) in [4.78, 5) is 20.0. The standard InChI is InChI=1S/C22H28ClN5O2/c1-25-22(26-14-18-3-2-4-20(13-18)30-16-21(24)29)28-11-9-27(10-12-28)15-17-5-7-19(23)8-6-17/h2-8,13H,9-12,14-16H2,1H3,(H2,24,29)(H,25,26). The van der Waals surface area contributed by atoms with Crippen LogP contribution in [0.5, 0.6) is 5.75 Å². The Hall–Kier alpha value is -2.77. The molecule has 160 valence electrons. The number of guanidine groups is 1. The molecule has 1 aliphatic heterocycles. The van der Waals surface area contributed by atoms with Gasteiger partial charge in [0.15, 0.2) is 12.6 Å². The first-order valence-corrected chi connectivity index (χ1v) is 10.3. The van der Waals surface area contributed by atoms with Gasteiger partial charge in [0, 0.05) is 51.3 Å². The third-order valence-electron chi connectivity index (χ3n) is 4.93. The molecule has 2 aromatic carbocycles. The maximum absolute atomic E-state index is 10.9. The van der Waals surface area contributed by atoms with Gasteiger partial charge in [0.2, 0.25) is 0 Å². The number of nitrogens with two attached hydrogens (primary N) is 1. The second-order valence-electron chi connectivity index (χ2n) is 7.19. The van der Waals surface area contributed by atoms with Crippen LogP contribution in [0.3, 0.4) is 0 Å². The molecule has 3 rings (SSSR count). The van der Waals surface area contributed by atoms with Crippen molar-refractivity contribution in [3.63, 3.8) is 0 Å². The van der Waals surface area contributed by atoms with E-state index >= 15 is 0 Å². The first-order chi connectivity index (χ1) is 14.5. The molecule has 8 heteroatoms. The molecule has 1 saturated heterocycles. The minimum absolute atomic E-state index is 0.126. The molecule has 1 aliphatic rings. The Labute approximate surface area is 182 Å². The van der Waals surface area contributed by atoms with Crippen molar-refractivity contribution in [3.8, 4) is 5.75 Å². The number of halogens is 1. The number of carbonyl (C=O) groups excluding carboxylic acids is 1. The number of hydrogen-bond acceptors (Lipinski definition) is 4. The zero-order chi connectivity index (χ0) is 21.3. The lowest BCUT2D eigenvalue weighted by Crippen LogP contribution is -2.52. The van der Waals surface area contributed by atoms with Crippen LogP contribution < -0.4 is 15.8 Å². The molecule has 1 heterocycles. The van der Waals surface area contributed by atoms with E-state index in [-0.39, 0.29) is 6.61 Å². The van der Waals surface area contributed by atoms with E-state index in [1.807, 2.05) is 30.3 Å². The van der Waals surface area contributed by atoms with E-state index in [1.165, 1.54) is 5.56 Å². The third kappa shape index (κ3) is 6.64. The number of nitrogens with zero attached hydrogens (tertiary/aromatic N) is 3. The smallest absolute Gasteiger partial charge is 0.255 e. The molecule has 0 aliphatic carbocycles. The second kappa shape index (κ2) is 10.8. The van der Waals surface area contributed by atoms with Crippen LogP contribution in [-0.4, -0.2) is 61.5 Å². The Balaban J connectivity index is 1.47. The molecule has 0 bridgehead atoms. The van der Waals surface area contributed by atoms with Crippen LogP contribution in [0, 0.1) is 0 Å². The molecule has 3 N–H and O–H groups in total. The SMILES string of the molecule is CN=C(NCc1cccc(OCC(N)=O)c1)N1CCN(Cc2ccc(Cl)cc2)CC1. The van der Waals surface area contributed by atoms with Gasteiger partial charge in [-0.25, -0.2) is 0 Å². The van der Waals surface area contributed by atoms with Crippen LogP contribution >= 0.6 is 11.6 Å². The van der Waals surface area contributed by atoms with Crippen molar-refractivity contribution >= 4 is 23.5 Å². The number of aliphatic imine (C=N–C) groups is 1. The summed E-state index contributed by atoms with van der Waals surface area (Å²) in [5.41, 5.74) is 7.44. The molecule has 30 heavy (non-hydrogen) atoms. The van der Waals surface area contributed by atoms with Crippen LogP contribution in [-0.2, 0) is 17.9 Å². The van der Waals surface area contributed by atoms with Gasteiger partial charge < -0.3 is 20.7 Å². The van der Waals surface area contributed by atoms with Crippen LogP contribution in [0.4, 0.5) is 0 Å². The molecule has 0 atom stereocenters. The van der Waals surface area contributed by atoms with Crippen molar-refractivity contribution in [2.24, 2.45) is 10.7 Å². The quantitative estimate of drug-likeness (QED) is 0.520. The van der Waals surface area contributed by atoms with Crippen LogP contribution in [0.2, 0.25) is 5.02 Å². The van der Waals surface area contributed by atoms with E-state index in [9.17, 15) is 4.79 Å². The molecular weight excluding hydrogens is 402 g/mol. The van der Waals surface area contributed by atoms with Gasteiger partial charge in [0.1, 0.15) is 5.75 Å². The van der Waals surface area contributed by atoms with Gasteiger partial charge in [-0.2, -0.15) is 0 Å². The fourth-order valence-electron chi connectivity index (χ4n) is 3.38. The van der Waals surface area contributed by atoms with Crippen molar-refractivity contribution in [1.29, 1.82) is 0 Å². The number of piperazine rings is 1. The zero-order valence-electron chi connectivity index (χ0n) is 17.2. The van der Waals surface area contributed by atoms with Crippen LogP contribution in [0.1, 0.15) is 11.1 Å². The number of primary amides is 1. The number of carbonyl (C=O) groups is 1. The molecule has 0 spiro atoms. The first kappa shape index (κ1) is 21.9. The summed E-state index contributed by atoms with van der Waals surface area (Å²) in [7, 11) is 1.80. The average molecular weight is 430 g/mol. The van der Waals surface area contributed by atoms with Gasteiger partial charge in [-0.1, -0.05) is 35.9 Å². The maximum Gasteiger partial charge on any atom is 0.255 e. The number of hydrogen-bond donors (Lipinski definition) is 2. The highest BCUT2D eigenvalue weighted by Crippen LogP contribution is 2.14. The number of benzene rings is 2. The van der Waals surface area contributed by atoms with E-state index in [0.717, 1.165) is 49.3 Å². The third-order valence-corrected chi connectivity index (χ3v) is 5.19. The fraction of sp³-hybridized carbons (Fsp3) is 0.364. The predicted octanol–water partition coefficient (Wildman–Crippen LogP) is 2.10. The van der Waals surface area contributed by atoms with Gasteiger partial charge in [0.05, 0.1) is 0 Å². The molecule has 7 nitrogen and oxygen atoms in total. The van der Waals surface area contributed by atoms with Crippen molar-refractivity contribution in [2.75, 3.05) is 39.8 Å². The Morgan fingerprint density at radius 2 is 1.87 bits per heavy atom. The Bertz CT molecular complexity index is 864. The lowest BCUT2D eigenvalue weighted by Gasteiger charge is -2.36. The molecule has 2 aromatic rings. The first-order valence-electron chi connectivity index (χ1n) is 9.96. The monoisotopic (exact) mass is 429 g/mol. The minimum Gasteiger partial charge on any atom is -0.484 e. The van der Waals surface area contributed by atoms with Gasteiger partial charge >= 0.3 is 0 Å². The zero-order valence-corrected chi connectivity index (χ0v) is 17.9. The summed E-state index contributed by atoms with van der Waals surface area (Å²) in [6.45, 7) is 5.18. The molecule has 1 amide bonds. The summed E-state index contributed by atoms with van der Waals surface area (Å²) in [6, 6.07) is 15.6. The summed E-state index contributed by atoms with van der Waals surface area (Å²) >= 11 is 5.97. The van der Waals surface area contributed by atoms with E-state index in [2.05, 4.69) is 32.2 Å². The summed E-state index contributed by atoms with van der Waals surface area (Å²) in [5.74, 6) is 1.01. The van der Waals surface area contributed by atoms with E-state index in [1.54, 1.807) is 13.1 Å². The van der Waals surface area contributed by atoms with Crippen LogP contribution in [0.25, 0.3) is 0 Å². The molecule has 0 radical (unpaired) electrons. The van der Waals surface area contributed by atoms with E-state index in [4.69, 9.17) is 22.1 Å². The molecule has 1 fully saturated rings. The number of ether oxygens (including phenoxy) is 1. The van der Waals surface area contributed by atoms with Crippen molar-refractivity contribution in [2.45, 2.75) is 13.1 Å². The Kier molecular flexibility index (Phi) is 7.93. The second-order valence-corrected chi connectivity index (χ2v) is 7.63. The summed E-state index contributed by atoms with van der Waals surface area (Å²) in [6.07, 6.45) is 0. The average Bonchev–Trinajstić information content (AvgIpc) is 2.76. The fourth-order valence-corrected chi connectivity index (χ4v) is 3.50. The minimum atomic E-state index is -0.492. The van der Waals surface area contributed by atoms with Gasteiger partial charge in [-0.15, -0.1) is 0 Å². The lowest BCUT2D eigenvalue weighted by molar-refractivity contribution is -0.119. The maximum atomic E-state index is 10.9. The van der Waals surface area contributed by atoms with Gasteiger partial charge in [-0.3, -0.25) is 14.7 Å². The number of nitrogens with one attached hydrogen (secondary N) is 1. The van der Waals surface area contributed by atoms with Crippen molar-refractivity contribution < 1.29 is 9.53 Å². The largest absolute Gasteiger partial charge is 0.484 e. The van der Waals surface area contributed by atoms with Gasteiger partial charge in [0.25, 0.3) is 5.91 Å². The Morgan fingerprint density at radius 3 is 2.53 bits per heavy atom. The highest BCUT2D eigenvalue weighted by atomic mass is 35.5. The van der Waals surface area contributed by atoms with Crippen molar-refractivity contribution in [1.82, 2.24) is 15.1 Å². The van der Waals surface area contributed by atoms with E-state index < -0.39 is 5.91 Å². The number of amides is 1. The van der Waals surface area contributed by atoms with Crippen molar-refractivity contribution in [3.05, 3.63) is 64.7 Å². The number of rotatable bonds is 7. The molecule has 0 unspecified atom stereocenters. The molecular formula is C22H28ClN5O2. The highest BCUT2D eigenvalue weighted by Gasteiger charge is 2.19. The van der Waals surface area contributed by atoms with Gasteiger partial charge in [-0.05, 0) is 35.4 Å². The van der Waals surface area contributed by atoms with Crippen LogP contribution in [0.15, 0.2) is 53.5 Å². The van der Waals surface area contributed by atoms with E-state index in [0.29, 0.717) is 12.3 Å². The highest BCUT2D eigenvalue weighted by molar-refractivity contribution is 6.30. The summed E-state index contributed by atoms with van der Waals surface area (Å²) in [5, 5.41) is 4.18. The molecule has 0 aromatic heterocycles. The predicted molar refractivity (Wildman–Crippen MR) is 120 cm³/mol.